The molecule has 1 saturated heterocycles. The number of halogens is 3. The summed E-state index contributed by atoms with van der Waals surface area (Å²) in [5.74, 6) is -0.125. The normalized spacial score (nSPS) is 17.0. The number of carbonyl (C=O) groups is 1. The van der Waals surface area contributed by atoms with Gasteiger partial charge in [-0.05, 0) is 37.0 Å². The molecule has 1 N–H and O–H groups in total. The highest BCUT2D eigenvalue weighted by molar-refractivity contribution is 5.91. The van der Waals surface area contributed by atoms with E-state index in [1.54, 1.807) is 6.07 Å². The summed E-state index contributed by atoms with van der Waals surface area (Å²) in [6, 6.07) is 14.8. The quantitative estimate of drug-likeness (QED) is 0.440. The fraction of sp³-hybridized carbons (Fsp3) is 0.385. The van der Waals surface area contributed by atoms with E-state index in [-0.39, 0.29) is 48.3 Å². The third-order valence-corrected chi connectivity index (χ3v) is 6.16. The van der Waals surface area contributed by atoms with E-state index < -0.39 is 11.7 Å². The van der Waals surface area contributed by atoms with E-state index in [2.05, 4.69) is 10.3 Å². The summed E-state index contributed by atoms with van der Waals surface area (Å²) >= 11 is 0. The molecule has 9 heteroatoms. The third kappa shape index (κ3) is 6.49. The standard InChI is InChI=1S/C26H28F3N3O3/c1-18(19-8-3-2-4-9-19)32(15-20-10-5-6-12-22(20)26(27,28)29)16-24-31-23(17-35-24)25(33)30-14-21-11-7-13-34-21/h2-6,8-10,12,17-18,21H,7,11,13-16H2,1H3,(H,30,33). The number of oxazole rings is 1. The number of hydrogen-bond donors (Lipinski definition) is 1. The Kier molecular flexibility index (Phi) is 7.87. The summed E-state index contributed by atoms with van der Waals surface area (Å²) < 4.78 is 51.9. The molecule has 3 aromatic rings. The van der Waals surface area contributed by atoms with Gasteiger partial charge < -0.3 is 14.5 Å². The van der Waals surface area contributed by atoms with E-state index in [9.17, 15) is 18.0 Å². The lowest BCUT2D eigenvalue weighted by Crippen LogP contribution is -2.32. The van der Waals surface area contributed by atoms with Crippen LogP contribution in [0.2, 0.25) is 0 Å². The Bertz CT molecular complexity index is 1110. The first kappa shape index (κ1) is 24.9. The lowest BCUT2D eigenvalue weighted by atomic mass is 10.0. The van der Waals surface area contributed by atoms with Gasteiger partial charge in [0, 0.05) is 25.7 Å². The average molecular weight is 488 g/mol. The van der Waals surface area contributed by atoms with Crippen molar-refractivity contribution in [3.63, 3.8) is 0 Å². The van der Waals surface area contributed by atoms with Crippen LogP contribution < -0.4 is 5.32 Å². The van der Waals surface area contributed by atoms with Crippen molar-refractivity contribution in [3.8, 4) is 0 Å². The Morgan fingerprint density at radius 2 is 1.89 bits per heavy atom. The summed E-state index contributed by atoms with van der Waals surface area (Å²) in [7, 11) is 0. The zero-order valence-corrected chi connectivity index (χ0v) is 19.4. The van der Waals surface area contributed by atoms with Crippen molar-refractivity contribution in [2.24, 2.45) is 0 Å². The van der Waals surface area contributed by atoms with Crippen molar-refractivity contribution in [1.82, 2.24) is 15.2 Å². The third-order valence-electron chi connectivity index (χ3n) is 6.16. The molecule has 2 unspecified atom stereocenters. The molecule has 186 valence electrons. The minimum Gasteiger partial charge on any atom is -0.447 e. The van der Waals surface area contributed by atoms with E-state index in [1.807, 2.05) is 42.2 Å². The van der Waals surface area contributed by atoms with E-state index in [0.29, 0.717) is 13.2 Å². The minimum absolute atomic E-state index is 0.00114. The van der Waals surface area contributed by atoms with Crippen LogP contribution in [0.3, 0.4) is 0 Å². The molecule has 0 bridgehead atoms. The fourth-order valence-electron chi connectivity index (χ4n) is 4.19. The lowest BCUT2D eigenvalue weighted by Gasteiger charge is -2.29. The monoisotopic (exact) mass is 487 g/mol. The predicted molar refractivity (Wildman–Crippen MR) is 123 cm³/mol. The smallest absolute Gasteiger partial charge is 0.416 e. The molecule has 1 aliphatic rings. The Balaban J connectivity index is 1.52. The van der Waals surface area contributed by atoms with Crippen LogP contribution >= 0.6 is 0 Å². The number of carbonyl (C=O) groups excluding carboxylic acids is 1. The molecule has 1 amide bonds. The van der Waals surface area contributed by atoms with Crippen LogP contribution in [0.1, 0.15) is 58.9 Å². The SMILES string of the molecule is CC(c1ccccc1)N(Cc1nc(C(=O)NCC2CCCO2)co1)Cc1ccccc1C(F)(F)F. The molecule has 4 rings (SSSR count). The van der Waals surface area contributed by atoms with Gasteiger partial charge in [-0.3, -0.25) is 9.69 Å². The second-order valence-corrected chi connectivity index (χ2v) is 8.62. The molecule has 1 fully saturated rings. The summed E-state index contributed by atoms with van der Waals surface area (Å²) in [4.78, 5) is 18.6. The topological polar surface area (TPSA) is 67.6 Å². The molecule has 2 heterocycles. The Hall–Kier alpha value is -3.17. The van der Waals surface area contributed by atoms with Crippen molar-refractivity contribution < 1.29 is 27.1 Å². The number of hydrogen-bond acceptors (Lipinski definition) is 5. The van der Waals surface area contributed by atoms with E-state index in [4.69, 9.17) is 9.15 Å². The molecule has 0 radical (unpaired) electrons. The van der Waals surface area contributed by atoms with Crippen molar-refractivity contribution in [2.45, 2.75) is 51.2 Å². The maximum atomic E-state index is 13.6. The highest BCUT2D eigenvalue weighted by Crippen LogP contribution is 2.34. The first-order valence-corrected chi connectivity index (χ1v) is 11.6. The summed E-state index contributed by atoms with van der Waals surface area (Å²) in [5.41, 5.74) is 0.551. The highest BCUT2D eigenvalue weighted by atomic mass is 19.4. The van der Waals surface area contributed by atoms with E-state index >= 15 is 0 Å². The Morgan fingerprint density at radius 3 is 2.60 bits per heavy atom. The van der Waals surface area contributed by atoms with Crippen LogP contribution in [-0.2, 0) is 24.0 Å². The first-order chi connectivity index (χ1) is 16.8. The summed E-state index contributed by atoms with van der Waals surface area (Å²) in [6.45, 7) is 3.16. The zero-order valence-electron chi connectivity index (χ0n) is 19.4. The van der Waals surface area contributed by atoms with Gasteiger partial charge in [0.2, 0.25) is 5.89 Å². The predicted octanol–water partition coefficient (Wildman–Crippen LogP) is 5.37. The molecule has 0 saturated carbocycles. The molecule has 1 aliphatic heterocycles. The molecule has 2 atom stereocenters. The molecule has 35 heavy (non-hydrogen) atoms. The van der Waals surface area contributed by atoms with Gasteiger partial charge in [0.15, 0.2) is 5.69 Å². The molecule has 0 aliphatic carbocycles. The molecule has 0 spiro atoms. The largest absolute Gasteiger partial charge is 0.447 e. The van der Waals surface area contributed by atoms with Crippen molar-refractivity contribution in [3.05, 3.63) is 89.1 Å². The number of nitrogens with zero attached hydrogens (tertiary/aromatic N) is 2. The number of alkyl halides is 3. The Morgan fingerprint density at radius 1 is 1.14 bits per heavy atom. The van der Waals surface area contributed by atoms with Gasteiger partial charge in [-0.25, -0.2) is 4.98 Å². The maximum absolute atomic E-state index is 13.6. The van der Waals surface area contributed by atoms with Crippen molar-refractivity contribution in [2.75, 3.05) is 13.2 Å². The number of nitrogens with one attached hydrogen (secondary N) is 1. The van der Waals surface area contributed by atoms with Crippen LogP contribution in [0, 0.1) is 0 Å². The second kappa shape index (κ2) is 11.0. The van der Waals surface area contributed by atoms with Gasteiger partial charge in [0.1, 0.15) is 6.26 Å². The lowest BCUT2D eigenvalue weighted by molar-refractivity contribution is -0.138. The molecule has 6 nitrogen and oxygen atoms in total. The number of amides is 1. The summed E-state index contributed by atoms with van der Waals surface area (Å²) in [6.07, 6.45) is -1.32. The summed E-state index contributed by atoms with van der Waals surface area (Å²) in [5, 5.41) is 2.80. The van der Waals surface area contributed by atoms with Crippen LogP contribution in [-0.4, -0.2) is 35.0 Å². The van der Waals surface area contributed by atoms with Gasteiger partial charge >= 0.3 is 6.18 Å². The van der Waals surface area contributed by atoms with E-state index in [1.165, 1.54) is 18.4 Å². The Labute approximate surface area is 202 Å². The maximum Gasteiger partial charge on any atom is 0.416 e. The number of rotatable bonds is 9. The van der Waals surface area contributed by atoms with Gasteiger partial charge in [0.25, 0.3) is 5.91 Å². The van der Waals surface area contributed by atoms with Crippen LogP contribution in [0.5, 0.6) is 0 Å². The number of ether oxygens (including phenoxy) is 1. The highest BCUT2D eigenvalue weighted by Gasteiger charge is 2.34. The van der Waals surface area contributed by atoms with Gasteiger partial charge in [-0.15, -0.1) is 0 Å². The molecule has 1 aromatic heterocycles. The van der Waals surface area contributed by atoms with Gasteiger partial charge in [-0.1, -0.05) is 48.5 Å². The first-order valence-electron chi connectivity index (χ1n) is 11.6. The van der Waals surface area contributed by atoms with Crippen LogP contribution in [0.15, 0.2) is 65.3 Å². The fourth-order valence-corrected chi connectivity index (χ4v) is 4.19. The molecular formula is C26H28F3N3O3. The second-order valence-electron chi connectivity index (χ2n) is 8.62. The molecule has 2 aromatic carbocycles. The van der Waals surface area contributed by atoms with Crippen LogP contribution in [0.25, 0.3) is 0 Å². The van der Waals surface area contributed by atoms with Crippen molar-refractivity contribution in [1.29, 1.82) is 0 Å². The van der Waals surface area contributed by atoms with Gasteiger partial charge in [0.05, 0.1) is 18.2 Å². The van der Waals surface area contributed by atoms with Crippen LogP contribution in [0.4, 0.5) is 13.2 Å². The van der Waals surface area contributed by atoms with Gasteiger partial charge in [-0.2, -0.15) is 13.2 Å². The zero-order chi connectivity index (χ0) is 24.8. The minimum atomic E-state index is -4.46. The molecular weight excluding hydrogens is 459 g/mol. The number of benzene rings is 2. The van der Waals surface area contributed by atoms with Crippen molar-refractivity contribution >= 4 is 5.91 Å². The number of aromatic nitrogens is 1. The average Bonchev–Trinajstić information content (AvgIpc) is 3.54. The van der Waals surface area contributed by atoms with E-state index in [0.717, 1.165) is 24.5 Å².